The highest BCUT2D eigenvalue weighted by molar-refractivity contribution is 5.71. The van der Waals surface area contributed by atoms with Crippen LogP contribution in [0.1, 0.15) is 0 Å². The molecule has 3 rings (SSSR count). The molecule has 3 aromatic rings. The number of rotatable bonds is 17. The van der Waals surface area contributed by atoms with E-state index in [0.717, 1.165) is 11.4 Å². The van der Waals surface area contributed by atoms with Crippen LogP contribution in [-0.2, 0) is 4.84 Å². The summed E-state index contributed by atoms with van der Waals surface area (Å²) in [6, 6.07) is 15.5. The Morgan fingerprint density at radius 3 is 2.02 bits per heavy atom. The molecule has 0 amide bonds. The van der Waals surface area contributed by atoms with E-state index in [-0.39, 0.29) is 37.9 Å². The minimum absolute atomic E-state index is 0.00482. The molecule has 0 aliphatic carbocycles. The molecule has 0 radical (unpaired) electrons. The number of benzene rings is 3. The first-order valence-electron chi connectivity index (χ1n) is 13.0. The highest BCUT2D eigenvalue weighted by atomic mass is 16.8. The minimum atomic E-state index is -0.226. The van der Waals surface area contributed by atoms with Crippen molar-refractivity contribution in [3.8, 4) is 17.2 Å². The number of nitrogens with one attached hydrogen (secondary N) is 1. The Hall–Kier alpha value is -4.66. The van der Waals surface area contributed by atoms with Crippen LogP contribution in [0, 0.1) is 4.91 Å². The van der Waals surface area contributed by atoms with Gasteiger partial charge in [-0.1, -0.05) is 0 Å². The largest absolute Gasteiger partial charge is 0.494 e. The topological polar surface area (TPSA) is 161 Å². The minimum Gasteiger partial charge on any atom is -0.494 e. The van der Waals surface area contributed by atoms with E-state index in [1.807, 2.05) is 36.2 Å². The van der Waals surface area contributed by atoms with E-state index in [0.29, 0.717) is 46.6 Å². The van der Waals surface area contributed by atoms with Crippen LogP contribution >= 0.6 is 0 Å². The molecule has 42 heavy (non-hydrogen) atoms. The number of hydrogen-bond acceptors (Lipinski definition) is 13. The van der Waals surface area contributed by atoms with Crippen LogP contribution in [0.4, 0.5) is 34.1 Å². The van der Waals surface area contributed by atoms with Crippen molar-refractivity contribution in [3.05, 3.63) is 59.5 Å². The van der Waals surface area contributed by atoms with Crippen LogP contribution in [-0.4, -0.2) is 88.1 Å². The van der Waals surface area contributed by atoms with Crippen LogP contribution in [0.3, 0.4) is 0 Å². The summed E-state index contributed by atoms with van der Waals surface area (Å²) < 4.78 is 16.7. The lowest BCUT2D eigenvalue weighted by molar-refractivity contribution is -0.736. The van der Waals surface area contributed by atoms with Crippen molar-refractivity contribution < 1.29 is 39.3 Å². The van der Waals surface area contributed by atoms with Gasteiger partial charge in [-0.25, -0.2) is 4.84 Å². The van der Waals surface area contributed by atoms with E-state index < -0.39 is 0 Å². The summed E-state index contributed by atoms with van der Waals surface area (Å²) in [6.07, 6.45) is 0. The van der Waals surface area contributed by atoms with Crippen molar-refractivity contribution in [1.29, 1.82) is 0 Å². The molecule has 0 unspecified atom stereocenters. The summed E-state index contributed by atoms with van der Waals surface area (Å²) in [5.41, 5.74) is 6.49. The molecule has 0 atom stereocenters. The van der Waals surface area contributed by atoms with Crippen LogP contribution in [0.5, 0.6) is 17.2 Å². The van der Waals surface area contributed by atoms with Crippen molar-refractivity contribution in [3.63, 3.8) is 0 Å². The molecule has 0 fully saturated rings. The number of hydrazine groups is 1. The lowest BCUT2D eigenvalue weighted by Gasteiger charge is -2.26. The fraction of sp³-hybridized carbons (Fsp3) is 0.357. The van der Waals surface area contributed by atoms with E-state index in [9.17, 15) is 20.2 Å². The van der Waals surface area contributed by atoms with Crippen LogP contribution in [0.25, 0.3) is 0 Å². The van der Waals surface area contributed by atoms with E-state index in [1.165, 1.54) is 33.5 Å². The van der Waals surface area contributed by atoms with Gasteiger partial charge in [-0.05, 0) is 30.3 Å². The predicted molar refractivity (Wildman–Crippen MR) is 158 cm³/mol. The second-order valence-electron chi connectivity index (χ2n) is 8.71. The molecule has 0 heterocycles. The highest BCUT2D eigenvalue weighted by Crippen LogP contribution is 2.40. The molecule has 0 saturated heterocycles. The fourth-order valence-electron chi connectivity index (χ4n) is 3.97. The lowest BCUT2D eigenvalue weighted by Crippen LogP contribution is -2.30. The molecule has 0 spiro atoms. The quantitative estimate of drug-likeness (QED) is 0.135. The molecule has 226 valence electrons. The molecule has 0 aromatic heterocycles. The number of ether oxygens (including phenoxy) is 3. The van der Waals surface area contributed by atoms with Crippen LogP contribution < -0.4 is 29.5 Å². The van der Waals surface area contributed by atoms with E-state index in [4.69, 9.17) is 14.2 Å². The van der Waals surface area contributed by atoms with E-state index in [2.05, 4.69) is 20.5 Å². The van der Waals surface area contributed by atoms with Gasteiger partial charge < -0.3 is 34.4 Å². The zero-order valence-corrected chi connectivity index (χ0v) is 24.1. The Balaban J connectivity index is 1.85. The maximum absolute atomic E-state index is 11.9. The van der Waals surface area contributed by atoms with Crippen LogP contribution in [0.2, 0.25) is 0 Å². The molecule has 14 nitrogen and oxygen atoms in total. The summed E-state index contributed by atoms with van der Waals surface area (Å²) in [5.74, 6) is 1.12. The molecule has 4 N–H and O–H groups in total. The van der Waals surface area contributed by atoms with Crippen molar-refractivity contribution in [2.75, 3.05) is 83.2 Å². The third kappa shape index (κ3) is 8.19. The zero-order valence-electron chi connectivity index (χ0n) is 24.1. The summed E-state index contributed by atoms with van der Waals surface area (Å²) >= 11 is 0. The van der Waals surface area contributed by atoms with Crippen molar-refractivity contribution in [1.82, 2.24) is 0 Å². The molecule has 0 bridgehead atoms. The molecular formula is C28H37N6O8+. The number of aliphatic hydroxyl groups excluding tert-OH is 3. The Morgan fingerprint density at radius 2 is 1.43 bits per heavy atom. The van der Waals surface area contributed by atoms with Gasteiger partial charge in [-0.3, -0.25) is 10.4 Å². The van der Waals surface area contributed by atoms with Gasteiger partial charge >= 0.3 is 5.69 Å². The van der Waals surface area contributed by atoms with Crippen molar-refractivity contribution in [2.45, 2.75) is 0 Å². The molecule has 3 aromatic carbocycles. The van der Waals surface area contributed by atoms with Gasteiger partial charge in [0.2, 0.25) is 0 Å². The Bertz CT molecular complexity index is 1330. The Labute approximate surface area is 243 Å². The smallest absolute Gasteiger partial charge is 0.320 e. The van der Waals surface area contributed by atoms with Gasteiger partial charge in [0.15, 0.2) is 12.9 Å². The van der Waals surface area contributed by atoms with Gasteiger partial charge in [0, 0.05) is 44.0 Å². The fourth-order valence-corrected chi connectivity index (χ4v) is 3.97. The van der Waals surface area contributed by atoms with Crippen molar-refractivity contribution in [2.24, 2.45) is 10.2 Å². The number of anilines is 3. The molecular weight excluding hydrogens is 548 g/mol. The third-order valence-electron chi connectivity index (χ3n) is 6.07. The number of methoxy groups -OCH3 is 2. The molecule has 14 heteroatoms. The second kappa shape index (κ2) is 16.0. The standard InChI is InChI=1S/C28H37N6O8/c1-32(20-5-7-21(8-6-20)33(11-13-35)12-14-36)31-25-19-26(39-2)24(18-27(25)40-3)30-29-23-10-9-22(34(38)41-4)17-28(23)42-16-15-37/h5-10,17-19,31,35-37H,11-16H2,1-4H3/q+1/b30-29+. The second-order valence-corrected chi connectivity index (χ2v) is 8.71. The van der Waals surface area contributed by atoms with Gasteiger partial charge in [-0.2, -0.15) is 0 Å². The number of hydrogen-bond donors (Lipinski definition) is 4. The Kier molecular flexibility index (Phi) is 12.1. The Morgan fingerprint density at radius 1 is 0.786 bits per heavy atom. The zero-order chi connectivity index (χ0) is 30.5. The number of aliphatic hydroxyl groups is 3. The van der Waals surface area contributed by atoms with Gasteiger partial charge in [0.25, 0.3) is 4.92 Å². The maximum atomic E-state index is 11.9. The molecule has 0 aliphatic rings. The van der Waals surface area contributed by atoms with Crippen LogP contribution in [0.15, 0.2) is 64.8 Å². The van der Waals surface area contributed by atoms with Crippen molar-refractivity contribution >= 4 is 34.1 Å². The summed E-state index contributed by atoms with van der Waals surface area (Å²) in [4.78, 5) is 18.7. The third-order valence-corrected chi connectivity index (χ3v) is 6.07. The molecule has 0 aliphatic heterocycles. The average Bonchev–Trinajstić information content (AvgIpc) is 3.02. The monoisotopic (exact) mass is 585 g/mol. The van der Waals surface area contributed by atoms with Gasteiger partial charge in [-0.15, -0.1) is 10.2 Å². The lowest BCUT2D eigenvalue weighted by atomic mass is 10.2. The maximum Gasteiger partial charge on any atom is 0.320 e. The summed E-state index contributed by atoms with van der Waals surface area (Å²) in [6.45, 7) is 0.581. The first kappa shape index (κ1) is 31.9. The van der Waals surface area contributed by atoms with Gasteiger partial charge in [0.05, 0.1) is 50.7 Å². The van der Waals surface area contributed by atoms with Gasteiger partial charge in [0.1, 0.15) is 35.2 Å². The normalized spacial score (nSPS) is 10.8. The summed E-state index contributed by atoms with van der Waals surface area (Å²) in [5, 5.41) is 38.2. The summed E-state index contributed by atoms with van der Waals surface area (Å²) in [7, 11) is 6.13. The SMILES string of the molecule is COc1cc(NN(C)c2ccc(N(CCO)CCO)cc2)c(OC)cc1/N=N/c1ccc([N+](=O)OC)cc1OCCO. The highest BCUT2D eigenvalue weighted by Gasteiger charge is 2.19. The number of azo groups is 1. The average molecular weight is 586 g/mol. The van der Waals surface area contributed by atoms with E-state index in [1.54, 1.807) is 23.2 Å². The van der Waals surface area contributed by atoms with E-state index >= 15 is 0 Å². The number of nitrogens with zero attached hydrogens (tertiary/aromatic N) is 5. The predicted octanol–water partition coefficient (Wildman–Crippen LogP) is 3.72. The first-order valence-corrected chi connectivity index (χ1v) is 13.0. The first-order chi connectivity index (χ1) is 20.4. The molecule has 0 saturated carbocycles.